The van der Waals surface area contributed by atoms with E-state index in [4.69, 9.17) is 4.98 Å². The maximum absolute atomic E-state index is 13.0. The van der Waals surface area contributed by atoms with Gasteiger partial charge in [-0.25, -0.2) is 4.79 Å². The fourth-order valence-corrected chi connectivity index (χ4v) is 3.65. The molecule has 0 bridgehead atoms. The van der Waals surface area contributed by atoms with Crippen LogP contribution < -0.4 is 21.5 Å². The van der Waals surface area contributed by atoms with Crippen molar-refractivity contribution >= 4 is 17.1 Å². The molecule has 2 aromatic heterocycles. The van der Waals surface area contributed by atoms with E-state index in [0.29, 0.717) is 17.1 Å². The number of aryl methyl sites for hydroxylation is 3. The van der Waals surface area contributed by atoms with Gasteiger partial charge in [-0.15, -0.1) is 0 Å². The lowest BCUT2D eigenvalue weighted by Gasteiger charge is -2.29. The zero-order chi connectivity index (χ0) is 19.3. The summed E-state index contributed by atoms with van der Waals surface area (Å²) in [5, 5.41) is 3.34. The Morgan fingerprint density at radius 3 is 2.44 bits per heavy atom. The van der Waals surface area contributed by atoms with E-state index in [1.54, 1.807) is 7.05 Å². The molecule has 1 saturated heterocycles. The Balaban J connectivity index is 2.15. The highest BCUT2D eigenvalue weighted by Gasteiger charge is 2.25. The number of nitrogens with zero attached hydrogens (tertiary/aromatic N) is 5. The molecule has 0 radical (unpaired) electrons. The fraction of sp³-hybridized carbons (Fsp3) is 0.421. The second-order valence-electron chi connectivity index (χ2n) is 7.15. The molecular weight excluding hydrogens is 344 g/mol. The number of hydrogen-bond acceptors (Lipinski definition) is 5. The normalized spacial score (nSPS) is 14.9. The van der Waals surface area contributed by atoms with Crippen LogP contribution in [0.25, 0.3) is 16.9 Å². The first-order valence-electron chi connectivity index (χ1n) is 9.12. The van der Waals surface area contributed by atoms with Crippen molar-refractivity contribution in [3.63, 3.8) is 0 Å². The van der Waals surface area contributed by atoms with E-state index in [0.717, 1.165) is 47.6 Å². The molecule has 0 amide bonds. The number of benzene rings is 1. The van der Waals surface area contributed by atoms with Gasteiger partial charge in [0.25, 0.3) is 5.56 Å². The van der Waals surface area contributed by atoms with Crippen LogP contribution >= 0.6 is 0 Å². The molecule has 142 valence electrons. The minimum absolute atomic E-state index is 0.331. The molecule has 0 aliphatic carbocycles. The standard InChI is InChI=1S/C19H24N6O2/c1-12-5-6-13(2)14(11-12)25-15-16(22(3)19(27)23(4)17(15)26)21-18(25)24-9-7-20-8-10-24/h5-6,11,20H,7-10H2,1-4H3. The van der Waals surface area contributed by atoms with Crippen molar-refractivity contribution < 1.29 is 0 Å². The number of piperazine rings is 1. The van der Waals surface area contributed by atoms with Gasteiger partial charge in [0.05, 0.1) is 5.69 Å². The van der Waals surface area contributed by atoms with Crippen molar-refractivity contribution in [1.29, 1.82) is 0 Å². The largest absolute Gasteiger partial charge is 0.339 e. The van der Waals surface area contributed by atoms with Gasteiger partial charge in [0.2, 0.25) is 5.95 Å². The Kier molecular flexibility index (Phi) is 4.15. The molecule has 1 N–H and O–H groups in total. The van der Waals surface area contributed by atoms with Gasteiger partial charge in [0.1, 0.15) is 0 Å². The van der Waals surface area contributed by atoms with E-state index in [1.807, 2.05) is 24.5 Å². The van der Waals surface area contributed by atoms with Gasteiger partial charge in [-0.1, -0.05) is 12.1 Å². The fourth-order valence-electron chi connectivity index (χ4n) is 3.65. The van der Waals surface area contributed by atoms with Crippen LogP contribution in [0, 0.1) is 13.8 Å². The number of rotatable bonds is 2. The first-order valence-corrected chi connectivity index (χ1v) is 9.12. The lowest BCUT2D eigenvalue weighted by Crippen LogP contribution is -2.44. The Morgan fingerprint density at radius 2 is 1.74 bits per heavy atom. The number of anilines is 1. The molecule has 1 aliphatic heterocycles. The van der Waals surface area contributed by atoms with Gasteiger partial charge in [0, 0.05) is 40.3 Å². The molecule has 27 heavy (non-hydrogen) atoms. The third-order valence-corrected chi connectivity index (χ3v) is 5.25. The predicted octanol–water partition coefficient (Wildman–Crippen LogP) is 0.449. The van der Waals surface area contributed by atoms with Gasteiger partial charge in [-0.2, -0.15) is 4.98 Å². The van der Waals surface area contributed by atoms with Crippen LogP contribution in [0.5, 0.6) is 0 Å². The van der Waals surface area contributed by atoms with Crippen LogP contribution in [0.15, 0.2) is 27.8 Å². The maximum Gasteiger partial charge on any atom is 0.332 e. The molecule has 0 saturated carbocycles. The summed E-state index contributed by atoms with van der Waals surface area (Å²) in [4.78, 5) is 32.4. The lowest BCUT2D eigenvalue weighted by molar-refractivity contribution is 0.578. The number of imidazole rings is 1. The molecule has 0 spiro atoms. The van der Waals surface area contributed by atoms with Gasteiger partial charge in [-0.3, -0.25) is 18.5 Å². The Hall–Kier alpha value is -2.87. The number of hydrogen-bond donors (Lipinski definition) is 1. The molecule has 8 nitrogen and oxygen atoms in total. The maximum atomic E-state index is 13.0. The van der Waals surface area contributed by atoms with E-state index in [2.05, 4.69) is 22.3 Å². The third kappa shape index (κ3) is 2.68. The van der Waals surface area contributed by atoms with Crippen LogP contribution in [0.1, 0.15) is 11.1 Å². The van der Waals surface area contributed by atoms with Crippen LogP contribution in [0.4, 0.5) is 5.95 Å². The summed E-state index contributed by atoms with van der Waals surface area (Å²) < 4.78 is 4.52. The SMILES string of the molecule is Cc1ccc(C)c(-n2c(N3CCNCC3)nc3c2c(=O)n(C)c(=O)n3C)c1. The Bertz CT molecular complexity index is 1150. The molecule has 3 heterocycles. The summed E-state index contributed by atoms with van der Waals surface area (Å²) in [7, 11) is 3.17. The highest BCUT2D eigenvalue weighted by molar-refractivity contribution is 5.78. The molecule has 3 aromatic rings. The predicted molar refractivity (Wildman–Crippen MR) is 106 cm³/mol. The van der Waals surface area contributed by atoms with Gasteiger partial charge in [0.15, 0.2) is 11.2 Å². The Morgan fingerprint density at radius 1 is 1.04 bits per heavy atom. The lowest BCUT2D eigenvalue weighted by atomic mass is 10.1. The molecule has 4 rings (SSSR count). The van der Waals surface area contributed by atoms with Crippen molar-refractivity contribution in [2.24, 2.45) is 14.1 Å². The molecule has 0 atom stereocenters. The third-order valence-electron chi connectivity index (χ3n) is 5.25. The number of aromatic nitrogens is 4. The van der Waals surface area contributed by atoms with Crippen LogP contribution in [0.2, 0.25) is 0 Å². The second kappa shape index (κ2) is 6.38. The molecule has 1 aromatic carbocycles. The van der Waals surface area contributed by atoms with Crippen LogP contribution in [0.3, 0.4) is 0 Å². The topological polar surface area (TPSA) is 77.1 Å². The highest BCUT2D eigenvalue weighted by Crippen LogP contribution is 2.27. The monoisotopic (exact) mass is 368 g/mol. The van der Waals surface area contributed by atoms with Gasteiger partial charge < -0.3 is 10.2 Å². The second-order valence-corrected chi connectivity index (χ2v) is 7.15. The summed E-state index contributed by atoms with van der Waals surface area (Å²) in [6.45, 7) is 7.35. The van der Waals surface area contributed by atoms with Crippen molar-refractivity contribution in [3.8, 4) is 5.69 Å². The van der Waals surface area contributed by atoms with Crippen molar-refractivity contribution in [3.05, 3.63) is 50.2 Å². The van der Waals surface area contributed by atoms with Crippen LogP contribution in [-0.4, -0.2) is 44.9 Å². The van der Waals surface area contributed by atoms with E-state index < -0.39 is 0 Å². The van der Waals surface area contributed by atoms with Gasteiger partial charge >= 0.3 is 5.69 Å². The molecular formula is C19H24N6O2. The van der Waals surface area contributed by atoms with E-state index in [-0.39, 0.29) is 11.2 Å². The first-order chi connectivity index (χ1) is 12.9. The summed E-state index contributed by atoms with van der Waals surface area (Å²) in [5.41, 5.74) is 3.21. The molecule has 8 heteroatoms. The summed E-state index contributed by atoms with van der Waals surface area (Å²) >= 11 is 0. The minimum Gasteiger partial charge on any atom is -0.339 e. The highest BCUT2D eigenvalue weighted by atomic mass is 16.2. The van der Waals surface area contributed by atoms with Crippen molar-refractivity contribution in [1.82, 2.24) is 24.0 Å². The van der Waals surface area contributed by atoms with E-state index in [1.165, 1.54) is 11.6 Å². The number of fused-ring (bicyclic) bond motifs is 1. The Labute approximate surface area is 156 Å². The molecule has 1 fully saturated rings. The zero-order valence-corrected chi connectivity index (χ0v) is 16.1. The summed E-state index contributed by atoms with van der Waals surface area (Å²) in [6.07, 6.45) is 0. The zero-order valence-electron chi connectivity index (χ0n) is 16.1. The summed E-state index contributed by atoms with van der Waals surface area (Å²) in [5.74, 6) is 0.707. The van der Waals surface area contributed by atoms with Crippen LogP contribution in [-0.2, 0) is 14.1 Å². The quantitative estimate of drug-likeness (QED) is 0.711. The van der Waals surface area contributed by atoms with Crippen molar-refractivity contribution in [2.45, 2.75) is 13.8 Å². The first kappa shape index (κ1) is 17.5. The molecule has 0 unspecified atom stereocenters. The smallest absolute Gasteiger partial charge is 0.332 e. The van der Waals surface area contributed by atoms with E-state index >= 15 is 0 Å². The summed E-state index contributed by atoms with van der Waals surface area (Å²) in [6, 6.07) is 6.16. The average Bonchev–Trinajstić information content (AvgIpc) is 3.08. The van der Waals surface area contributed by atoms with E-state index in [9.17, 15) is 9.59 Å². The minimum atomic E-state index is -0.370. The van der Waals surface area contributed by atoms with Crippen molar-refractivity contribution in [2.75, 3.05) is 31.1 Å². The number of nitrogens with one attached hydrogen (secondary N) is 1. The molecule has 1 aliphatic rings. The average molecular weight is 368 g/mol. The van der Waals surface area contributed by atoms with Gasteiger partial charge in [-0.05, 0) is 31.0 Å².